The second-order valence-corrected chi connectivity index (χ2v) is 7.86. The van der Waals surface area contributed by atoms with Gasteiger partial charge in [0.05, 0.1) is 24.7 Å². The van der Waals surface area contributed by atoms with E-state index in [0.29, 0.717) is 44.6 Å². The first-order chi connectivity index (χ1) is 16.4. The third-order valence-electron chi connectivity index (χ3n) is 5.10. The number of aromatic nitrogens is 6. The van der Waals surface area contributed by atoms with Gasteiger partial charge >= 0.3 is 0 Å². The number of methoxy groups -OCH3 is 1. The summed E-state index contributed by atoms with van der Waals surface area (Å²) < 4.78 is 8.10. The third kappa shape index (κ3) is 3.90. The minimum absolute atomic E-state index is 0.127. The van der Waals surface area contributed by atoms with Gasteiger partial charge < -0.3 is 10.1 Å². The summed E-state index contributed by atoms with van der Waals surface area (Å²) >= 11 is 5.99. The molecule has 3 aromatic heterocycles. The highest BCUT2D eigenvalue weighted by molar-refractivity contribution is 6.30. The highest BCUT2D eigenvalue weighted by Crippen LogP contribution is 2.20. The lowest BCUT2D eigenvalue weighted by Crippen LogP contribution is -2.19. The van der Waals surface area contributed by atoms with Crippen LogP contribution in [-0.4, -0.2) is 42.5 Å². The number of fused-ring (bicyclic) bond motifs is 1. The van der Waals surface area contributed by atoms with Crippen molar-refractivity contribution in [2.75, 3.05) is 12.4 Å². The van der Waals surface area contributed by atoms with Gasteiger partial charge in [0.1, 0.15) is 17.0 Å². The molecule has 0 aliphatic heterocycles. The molecule has 0 saturated heterocycles. The zero-order valence-electron chi connectivity index (χ0n) is 18.1. The van der Waals surface area contributed by atoms with Crippen LogP contribution in [0.2, 0.25) is 5.02 Å². The fraction of sp³-hybridized carbons (Fsp3) is 0.0870. The van der Waals surface area contributed by atoms with E-state index in [1.165, 1.54) is 22.7 Å². The number of benzene rings is 2. The number of carbonyl (C=O) groups excluding carboxylic acids is 1. The SMILES string of the molecule is COc1cccc(C(=O)Nc2cc(C)nn2-c2nc3c(cnn3-c3ccc(Cl)cc3)c(=O)[nH]2)c1. The summed E-state index contributed by atoms with van der Waals surface area (Å²) in [6, 6.07) is 15.4. The van der Waals surface area contributed by atoms with E-state index >= 15 is 0 Å². The van der Waals surface area contributed by atoms with Crippen molar-refractivity contribution in [3.63, 3.8) is 0 Å². The predicted molar refractivity (Wildman–Crippen MR) is 127 cm³/mol. The number of ether oxygens (including phenoxy) is 1. The van der Waals surface area contributed by atoms with Crippen molar-refractivity contribution < 1.29 is 9.53 Å². The zero-order chi connectivity index (χ0) is 23.8. The van der Waals surface area contributed by atoms with Crippen LogP contribution in [0.25, 0.3) is 22.7 Å². The normalized spacial score (nSPS) is 11.0. The van der Waals surface area contributed by atoms with Gasteiger partial charge in [-0.25, -0.2) is 4.68 Å². The number of nitrogens with one attached hydrogen (secondary N) is 2. The average molecular weight is 476 g/mol. The Labute approximate surface area is 197 Å². The first-order valence-electron chi connectivity index (χ1n) is 10.2. The Kier molecular flexibility index (Phi) is 5.34. The molecule has 2 aromatic carbocycles. The van der Waals surface area contributed by atoms with E-state index < -0.39 is 5.56 Å². The molecule has 2 N–H and O–H groups in total. The molecule has 5 rings (SSSR count). The number of anilines is 1. The van der Waals surface area contributed by atoms with Gasteiger partial charge in [0.15, 0.2) is 5.65 Å². The number of aryl methyl sites for hydroxylation is 1. The van der Waals surface area contributed by atoms with Crippen molar-refractivity contribution in [3.05, 3.63) is 87.4 Å². The zero-order valence-corrected chi connectivity index (χ0v) is 18.9. The molecule has 0 bridgehead atoms. The Morgan fingerprint density at radius 2 is 1.91 bits per heavy atom. The summed E-state index contributed by atoms with van der Waals surface area (Å²) in [6.45, 7) is 1.77. The second kappa shape index (κ2) is 8.49. The minimum atomic E-state index is -0.390. The summed E-state index contributed by atoms with van der Waals surface area (Å²) in [5, 5.41) is 12.4. The Balaban J connectivity index is 1.57. The summed E-state index contributed by atoms with van der Waals surface area (Å²) in [4.78, 5) is 32.9. The van der Waals surface area contributed by atoms with Gasteiger partial charge in [-0.1, -0.05) is 17.7 Å². The highest BCUT2D eigenvalue weighted by Gasteiger charge is 2.17. The van der Waals surface area contributed by atoms with Crippen molar-refractivity contribution in [2.24, 2.45) is 0 Å². The summed E-state index contributed by atoms with van der Waals surface area (Å²) in [6.07, 6.45) is 1.44. The molecule has 0 unspecified atom stereocenters. The van der Waals surface area contributed by atoms with Crippen LogP contribution in [0, 0.1) is 6.92 Å². The minimum Gasteiger partial charge on any atom is -0.497 e. The maximum absolute atomic E-state index is 12.9. The van der Waals surface area contributed by atoms with Gasteiger partial charge in [-0.05, 0) is 49.4 Å². The number of hydrogen-bond donors (Lipinski definition) is 2. The molecular weight excluding hydrogens is 458 g/mol. The van der Waals surface area contributed by atoms with Crippen molar-refractivity contribution in [2.45, 2.75) is 6.92 Å². The molecule has 0 aliphatic rings. The van der Waals surface area contributed by atoms with E-state index in [0.717, 1.165) is 0 Å². The maximum Gasteiger partial charge on any atom is 0.263 e. The molecule has 10 nitrogen and oxygen atoms in total. The van der Waals surface area contributed by atoms with Crippen LogP contribution in [0.5, 0.6) is 5.75 Å². The molecule has 0 radical (unpaired) electrons. The van der Waals surface area contributed by atoms with Crippen LogP contribution in [0.1, 0.15) is 16.1 Å². The van der Waals surface area contributed by atoms with Crippen LogP contribution >= 0.6 is 11.6 Å². The van der Waals surface area contributed by atoms with Gasteiger partial charge in [-0.15, -0.1) is 0 Å². The monoisotopic (exact) mass is 475 g/mol. The summed E-state index contributed by atoms with van der Waals surface area (Å²) in [7, 11) is 1.53. The molecule has 0 atom stereocenters. The van der Waals surface area contributed by atoms with Crippen LogP contribution in [-0.2, 0) is 0 Å². The molecule has 1 amide bonds. The molecule has 170 valence electrons. The van der Waals surface area contributed by atoms with Gasteiger partial charge in [0, 0.05) is 16.7 Å². The lowest BCUT2D eigenvalue weighted by Gasteiger charge is -2.09. The average Bonchev–Trinajstić information content (AvgIpc) is 3.43. The van der Waals surface area contributed by atoms with Crippen LogP contribution < -0.4 is 15.6 Å². The van der Waals surface area contributed by atoms with Gasteiger partial charge in [-0.3, -0.25) is 14.6 Å². The number of nitrogens with zero attached hydrogens (tertiary/aromatic N) is 5. The van der Waals surface area contributed by atoms with Crippen molar-refractivity contribution in [3.8, 4) is 17.4 Å². The Hall–Kier alpha value is -4.44. The highest BCUT2D eigenvalue weighted by atomic mass is 35.5. The van der Waals surface area contributed by atoms with E-state index in [4.69, 9.17) is 16.3 Å². The molecule has 34 heavy (non-hydrogen) atoms. The lowest BCUT2D eigenvalue weighted by molar-refractivity contribution is 0.102. The predicted octanol–water partition coefficient (Wildman–Crippen LogP) is 3.52. The molecule has 0 fully saturated rings. The van der Waals surface area contributed by atoms with Crippen molar-refractivity contribution in [1.29, 1.82) is 0 Å². The van der Waals surface area contributed by atoms with Gasteiger partial charge in [-0.2, -0.15) is 19.9 Å². The lowest BCUT2D eigenvalue weighted by atomic mass is 10.2. The molecular formula is C23H18ClN7O3. The third-order valence-corrected chi connectivity index (χ3v) is 5.35. The number of amides is 1. The largest absolute Gasteiger partial charge is 0.497 e. The smallest absolute Gasteiger partial charge is 0.263 e. The van der Waals surface area contributed by atoms with Crippen LogP contribution in [0.3, 0.4) is 0 Å². The van der Waals surface area contributed by atoms with Crippen molar-refractivity contribution in [1.82, 2.24) is 29.5 Å². The number of rotatable bonds is 5. The number of hydrogen-bond acceptors (Lipinski definition) is 6. The van der Waals surface area contributed by atoms with Crippen molar-refractivity contribution >= 4 is 34.4 Å². The van der Waals surface area contributed by atoms with Crippen LogP contribution in [0.15, 0.2) is 65.6 Å². The number of aromatic amines is 1. The number of carbonyl (C=O) groups is 1. The number of halogens is 1. The Morgan fingerprint density at radius 3 is 2.68 bits per heavy atom. The second-order valence-electron chi connectivity index (χ2n) is 7.43. The molecule has 3 heterocycles. The molecule has 0 aliphatic carbocycles. The maximum atomic E-state index is 12.9. The quantitative estimate of drug-likeness (QED) is 0.401. The molecule has 11 heteroatoms. The molecule has 0 saturated carbocycles. The Bertz CT molecular complexity index is 1580. The van der Waals surface area contributed by atoms with Gasteiger partial charge in [0.25, 0.3) is 11.5 Å². The molecule has 0 spiro atoms. The summed E-state index contributed by atoms with van der Waals surface area (Å²) in [5.41, 5.74) is 1.65. The summed E-state index contributed by atoms with van der Waals surface area (Å²) in [5.74, 6) is 0.659. The van der Waals surface area contributed by atoms with E-state index in [1.54, 1.807) is 61.5 Å². The molecule has 5 aromatic rings. The van der Waals surface area contributed by atoms with E-state index in [2.05, 4.69) is 25.5 Å². The first-order valence-corrected chi connectivity index (χ1v) is 10.6. The van der Waals surface area contributed by atoms with E-state index in [9.17, 15) is 9.59 Å². The fourth-order valence-electron chi connectivity index (χ4n) is 3.48. The standard InChI is InChI=1S/C23H18ClN7O3/c1-13-10-19(26-21(32)14-4-3-5-17(11-14)34-2)31(29-13)23-27-20-18(22(33)28-23)12-25-30(20)16-8-6-15(24)7-9-16/h3-12H,1-2H3,(H,26,32)(H,27,28,33). The van der Waals surface area contributed by atoms with Gasteiger partial charge in [0.2, 0.25) is 5.95 Å². The number of H-pyrrole nitrogens is 1. The van der Waals surface area contributed by atoms with Crippen LogP contribution in [0.4, 0.5) is 5.82 Å². The Morgan fingerprint density at radius 1 is 1.12 bits per heavy atom. The topological polar surface area (TPSA) is 120 Å². The first kappa shape index (κ1) is 21.4. The fourth-order valence-corrected chi connectivity index (χ4v) is 3.61. The van der Waals surface area contributed by atoms with E-state index in [1.807, 2.05) is 0 Å². The van der Waals surface area contributed by atoms with E-state index in [-0.39, 0.29) is 11.9 Å².